The predicted octanol–water partition coefficient (Wildman–Crippen LogP) is 2.80. The zero-order valence-electron chi connectivity index (χ0n) is 13.7. The lowest BCUT2D eigenvalue weighted by atomic mass is 9.99. The van der Waals surface area contributed by atoms with Crippen molar-refractivity contribution in [3.63, 3.8) is 0 Å². The average molecular weight is 371 g/mol. The van der Waals surface area contributed by atoms with Crippen LogP contribution in [0.2, 0.25) is 0 Å². The molecule has 1 saturated heterocycles. The molecule has 0 aromatic carbocycles. The summed E-state index contributed by atoms with van der Waals surface area (Å²) in [4.78, 5) is 17.4. The standard InChI is InChI=1S/C16H22N4O2S.ClH/c1-11-12(5-3-9-17-11)18-14(21)7-2-8-15-19-16(20-22-15)13-6-4-10-23-13;/h4,6,10-12,17H,2-3,5,7-9H2,1H3,(H,18,21);1H. The van der Waals surface area contributed by atoms with Crippen molar-refractivity contribution in [1.82, 2.24) is 20.8 Å². The minimum absolute atomic E-state index is 0. The summed E-state index contributed by atoms with van der Waals surface area (Å²) in [5, 5.41) is 12.5. The molecule has 0 aliphatic carbocycles. The zero-order valence-corrected chi connectivity index (χ0v) is 15.3. The van der Waals surface area contributed by atoms with E-state index in [2.05, 4.69) is 27.7 Å². The average Bonchev–Trinajstić information content (AvgIpc) is 3.20. The molecule has 8 heteroatoms. The van der Waals surface area contributed by atoms with Crippen molar-refractivity contribution in [2.24, 2.45) is 0 Å². The van der Waals surface area contributed by atoms with Crippen LogP contribution < -0.4 is 10.6 Å². The molecule has 3 rings (SSSR count). The van der Waals surface area contributed by atoms with E-state index in [0.717, 1.165) is 24.3 Å². The van der Waals surface area contributed by atoms with Gasteiger partial charge in [-0.15, -0.1) is 23.7 Å². The topological polar surface area (TPSA) is 80.0 Å². The number of rotatable bonds is 6. The molecule has 1 aliphatic heterocycles. The van der Waals surface area contributed by atoms with Crippen LogP contribution in [-0.4, -0.2) is 34.7 Å². The normalized spacial score (nSPS) is 20.4. The number of hydrogen-bond acceptors (Lipinski definition) is 6. The maximum Gasteiger partial charge on any atom is 0.226 e. The Morgan fingerprint density at radius 1 is 1.54 bits per heavy atom. The van der Waals surface area contributed by atoms with E-state index >= 15 is 0 Å². The van der Waals surface area contributed by atoms with Gasteiger partial charge in [-0.3, -0.25) is 4.79 Å². The van der Waals surface area contributed by atoms with Gasteiger partial charge in [-0.25, -0.2) is 0 Å². The smallest absolute Gasteiger partial charge is 0.226 e. The van der Waals surface area contributed by atoms with Crippen LogP contribution in [0.4, 0.5) is 0 Å². The Kier molecular flexibility index (Phi) is 7.20. The van der Waals surface area contributed by atoms with E-state index in [0.29, 0.717) is 37.0 Å². The molecule has 0 radical (unpaired) electrons. The molecule has 1 amide bonds. The first-order chi connectivity index (χ1) is 11.2. The van der Waals surface area contributed by atoms with Gasteiger partial charge in [0.2, 0.25) is 17.6 Å². The van der Waals surface area contributed by atoms with Crippen LogP contribution in [-0.2, 0) is 11.2 Å². The van der Waals surface area contributed by atoms with E-state index in [1.807, 2.05) is 17.5 Å². The van der Waals surface area contributed by atoms with Crippen LogP contribution in [0.15, 0.2) is 22.0 Å². The third-order valence-corrected chi connectivity index (χ3v) is 4.98. The number of piperidine rings is 1. The van der Waals surface area contributed by atoms with Gasteiger partial charge >= 0.3 is 0 Å². The Labute approximate surface area is 151 Å². The van der Waals surface area contributed by atoms with Crippen molar-refractivity contribution < 1.29 is 9.32 Å². The molecule has 1 fully saturated rings. The fourth-order valence-corrected chi connectivity index (χ4v) is 3.43. The SMILES string of the molecule is CC1NCCCC1NC(=O)CCCc1nc(-c2cccs2)no1.Cl. The van der Waals surface area contributed by atoms with Crippen LogP contribution in [0.5, 0.6) is 0 Å². The highest BCUT2D eigenvalue weighted by atomic mass is 35.5. The molecule has 132 valence electrons. The Morgan fingerprint density at radius 3 is 3.17 bits per heavy atom. The van der Waals surface area contributed by atoms with E-state index in [-0.39, 0.29) is 24.4 Å². The molecular weight excluding hydrogens is 348 g/mol. The molecule has 2 unspecified atom stereocenters. The summed E-state index contributed by atoms with van der Waals surface area (Å²) >= 11 is 1.58. The number of nitrogens with one attached hydrogen (secondary N) is 2. The monoisotopic (exact) mass is 370 g/mol. The number of aromatic nitrogens is 2. The summed E-state index contributed by atoms with van der Waals surface area (Å²) in [6, 6.07) is 4.51. The van der Waals surface area contributed by atoms with Gasteiger partial charge in [-0.2, -0.15) is 4.98 Å². The van der Waals surface area contributed by atoms with Gasteiger partial charge in [0.05, 0.1) is 4.88 Å². The maximum absolute atomic E-state index is 12.0. The number of nitrogens with zero attached hydrogens (tertiary/aromatic N) is 2. The van der Waals surface area contributed by atoms with E-state index in [1.165, 1.54) is 0 Å². The van der Waals surface area contributed by atoms with Crippen molar-refractivity contribution in [2.75, 3.05) is 6.54 Å². The van der Waals surface area contributed by atoms with Crippen molar-refractivity contribution in [1.29, 1.82) is 0 Å². The van der Waals surface area contributed by atoms with Crippen LogP contribution in [0.3, 0.4) is 0 Å². The third kappa shape index (κ3) is 5.03. The molecular formula is C16H23ClN4O2S. The van der Waals surface area contributed by atoms with Crippen molar-refractivity contribution in [3.05, 3.63) is 23.4 Å². The van der Waals surface area contributed by atoms with Crippen molar-refractivity contribution >= 4 is 29.7 Å². The lowest BCUT2D eigenvalue weighted by Gasteiger charge is -2.30. The fraction of sp³-hybridized carbons (Fsp3) is 0.562. The van der Waals surface area contributed by atoms with Gasteiger partial charge in [0.1, 0.15) is 0 Å². The summed E-state index contributed by atoms with van der Waals surface area (Å²) in [6.07, 6.45) is 3.99. The summed E-state index contributed by atoms with van der Waals surface area (Å²) in [5.41, 5.74) is 0. The maximum atomic E-state index is 12.0. The predicted molar refractivity (Wildman–Crippen MR) is 96.4 cm³/mol. The largest absolute Gasteiger partial charge is 0.352 e. The number of thiophene rings is 1. The highest BCUT2D eigenvalue weighted by Crippen LogP contribution is 2.21. The minimum Gasteiger partial charge on any atom is -0.352 e. The number of carbonyl (C=O) groups excluding carboxylic acids is 1. The minimum atomic E-state index is 0. The van der Waals surface area contributed by atoms with E-state index < -0.39 is 0 Å². The second-order valence-electron chi connectivity index (χ2n) is 5.90. The Morgan fingerprint density at radius 2 is 2.42 bits per heavy atom. The molecule has 24 heavy (non-hydrogen) atoms. The molecule has 6 nitrogen and oxygen atoms in total. The first-order valence-electron chi connectivity index (χ1n) is 8.11. The summed E-state index contributed by atoms with van der Waals surface area (Å²) in [7, 11) is 0. The van der Waals surface area contributed by atoms with Crippen molar-refractivity contribution in [3.8, 4) is 10.7 Å². The first kappa shape index (κ1) is 18.9. The Bertz CT molecular complexity index is 632. The highest BCUT2D eigenvalue weighted by molar-refractivity contribution is 7.13. The lowest BCUT2D eigenvalue weighted by molar-refractivity contribution is -0.122. The molecule has 2 N–H and O–H groups in total. The fourth-order valence-electron chi connectivity index (χ4n) is 2.78. The van der Waals surface area contributed by atoms with Gasteiger partial charge in [0.15, 0.2) is 0 Å². The number of halogens is 1. The van der Waals surface area contributed by atoms with Gasteiger partial charge in [0.25, 0.3) is 0 Å². The molecule has 0 saturated carbocycles. The molecule has 0 bridgehead atoms. The van der Waals surface area contributed by atoms with Crippen LogP contribution in [0.25, 0.3) is 10.7 Å². The second kappa shape index (κ2) is 9.15. The van der Waals surface area contributed by atoms with E-state index in [1.54, 1.807) is 11.3 Å². The molecule has 1 aliphatic rings. The molecule has 2 aromatic heterocycles. The zero-order chi connectivity index (χ0) is 16.1. The van der Waals surface area contributed by atoms with E-state index in [4.69, 9.17) is 4.52 Å². The quantitative estimate of drug-likeness (QED) is 0.817. The lowest BCUT2D eigenvalue weighted by Crippen LogP contribution is -2.51. The number of aryl methyl sites for hydroxylation is 1. The van der Waals surface area contributed by atoms with Crippen LogP contribution in [0, 0.1) is 0 Å². The first-order valence-corrected chi connectivity index (χ1v) is 8.99. The molecule has 2 aromatic rings. The van der Waals surface area contributed by atoms with Gasteiger partial charge in [-0.1, -0.05) is 11.2 Å². The number of carbonyl (C=O) groups is 1. The number of amides is 1. The molecule has 2 atom stereocenters. The summed E-state index contributed by atoms with van der Waals surface area (Å²) in [6.45, 7) is 3.16. The van der Waals surface area contributed by atoms with Gasteiger partial charge in [-0.05, 0) is 44.2 Å². The van der Waals surface area contributed by atoms with Crippen LogP contribution in [0.1, 0.15) is 38.5 Å². The third-order valence-electron chi connectivity index (χ3n) is 4.11. The molecule has 0 spiro atoms. The summed E-state index contributed by atoms with van der Waals surface area (Å²) < 4.78 is 5.24. The van der Waals surface area contributed by atoms with Gasteiger partial charge in [0, 0.05) is 24.9 Å². The van der Waals surface area contributed by atoms with Gasteiger partial charge < -0.3 is 15.2 Å². The molecule has 3 heterocycles. The Hall–Kier alpha value is -1.44. The number of hydrogen-bond donors (Lipinski definition) is 2. The van der Waals surface area contributed by atoms with E-state index in [9.17, 15) is 4.79 Å². The highest BCUT2D eigenvalue weighted by Gasteiger charge is 2.22. The second-order valence-corrected chi connectivity index (χ2v) is 6.85. The summed E-state index contributed by atoms with van der Waals surface area (Å²) in [5.74, 6) is 1.32. The van der Waals surface area contributed by atoms with Crippen LogP contribution >= 0.6 is 23.7 Å². The van der Waals surface area contributed by atoms with Crippen molar-refractivity contribution in [2.45, 2.75) is 51.1 Å². The Balaban J connectivity index is 0.00000208.